The van der Waals surface area contributed by atoms with Gasteiger partial charge in [0.1, 0.15) is 6.04 Å². The number of benzene rings is 1. The van der Waals surface area contributed by atoms with Crippen LogP contribution in [-0.2, 0) is 9.59 Å². The van der Waals surface area contributed by atoms with Crippen molar-refractivity contribution in [2.24, 2.45) is 0 Å². The Morgan fingerprint density at radius 1 is 1.14 bits per heavy atom. The van der Waals surface area contributed by atoms with Crippen molar-refractivity contribution in [2.45, 2.75) is 38.1 Å². The summed E-state index contributed by atoms with van der Waals surface area (Å²) in [7, 11) is 0. The third-order valence-electron chi connectivity index (χ3n) is 3.84. The van der Waals surface area contributed by atoms with Gasteiger partial charge in [0.15, 0.2) is 5.78 Å². The van der Waals surface area contributed by atoms with Gasteiger partial charge in [-0.1, -0.05) is 11.6 Å². The Morgan fingerprint density at radius 2 is 1.82 bits per heavy atom. The summed E-state index contributed by atoms with van der Waals surface area (Å²) in [6.45, 7) is 0.449. The van der Waals surface area contributed by atoms with Crippen LogP contribution >= 0.6 is 11.6 Å². The van der Waals surface area contributed by atoms with Crippen LogP contribution < -0.4 is 0 Å². The third kappa shape index (κ3) is 4.07. The number of rotatable bonds is 5. The Labute approximate surface area is 133 Å². The Balaban J connectivity index is 1.92. The van der Waals surface area contributed by atoms with Gasteiger partial charge in [-0.3, -0.25) is 9.59 Å². The van der Waals surface area contributed by atoms with Crippen LogP contribution in [-0.4, -0.2) is 40.3 Å². The second kappa shape index (κ2) is 7.40. The number of likely N-dealkylation sites (tertiary alicyclic amines) is 1. The highest BCUT2D eigenvalue weighted by atomic mass is 35.5. The molecular formula is C16H18ClNO4. The number of Topliss-reactive ketones (excluding diaryl/α,β-unsaturated/α-hetero) is 1. The molecule has 1 unspecified atom stereocenters. The summed E-state index contributed by atoms with van der Waals surface area (Å²) in [6, 6.07) is 5.74. The van der Waals surface area contributed by atoms with E-state index in [1.165, 1.54) is 4.90 Å². The second-order valence-corrected chi connectivity index (χ2v) is 5.80. The highest BCUT2D eigenvalue weighted by molar-refractivity contribution is 6.30. The Bertz CT molecular complexity index is 570. The molecule has 5 nitrogen and oxygen atoms in total. The number of halogens is 1. The molecule has 22 heavy (non-hydrogen) atoms. The Hall–Kier alpha value is -1.88. The minimum atomic E-state index is -0.975. The molecule has 1 fully saturated rings. The molecule has 1 heterocycles. The lowest BCUT2D eigenvalue weighted by atomic mass is 10.0. The van der Waals surface area contributed by atoms with Crippen molar-refractivity contribution in [1.82, 2.24) is 4.90 Å². The summed E-state index contributed by atoms with van der Waals surface area (Å²) in [6.07, 6.45) is 2.20. The molecule has 2 rings (SSSR count). The van der Waals surface area contributed by atoms with Crippen LogP contribution in [0.5, 0.6) is 0 Å². The van der Waals surface area contributed by atoms with Gasteiger partial charge in [0.25, 0.3) is 0 Å². The van der Waals surface area contributed by atoms with Gasteiger partial charge in [0.05, 0.1) is 0 Å². The van der Waals surface area contributed by atoms with Gasteiger partial charge < -0.3 is 10.0 Å². The summed E-state index contributed by atoms with van der Waals surface area (Å²) in [5.74, 6) is -1.39. The van der Waals surface area contributed by atoms with Crippen LogP contribution in [0.4, 0.5) is 0 Å². The lowest BCUT2D eigenvalue weighted by Crippen LogP contribution is -2.48. The summed E-state index contributed by atoms with van der Waals surface area (Å²) < 4.78 is 0. The third-order valence-corrected chi connectivity index (χ3v) is 4.09. The summed E-state index contributed by atoms with van der Waals surface area (Å²) in [5, 5.41) is 9.71. The fourth-order valence-electron chi connectivity index (χ4n) is 2.63. The van der Waals surface area contributed by atoms with Gasteiger partial charge >= 0.3 is 5.97 Å². The first-order valence-electron chi connectivity index (χ1n) is 7.30. The topological polar surface area (TPSA) is 74.7 Å². The predicted molar refractivity (Wildman–Crippen MR) is 82.0 cm³/mol. The molecule has 1 aromatic rings. The quantitative estimate of drug-likeness (QED) is 0.845. The number of carboxylic acid groups (broad SMARTS) is 1. The fraction of sp³-hybridized carbons (Fsp3) is 0.438. The first-order chi connectivity index (χ1) is 10.5. The molecule has 0 aromatic heterocycles. The molecule has 1 atom stereocenters. The van der Waals surface area contributed by atoms with E-state index >= 15 is 0 Å². The molecule has 0 radical (unpaired) electrons. The van der Waals surface area contributed by atoms with E-state index in [0.717, 1.165) is 12.8 Å². The molecule has 1 aliphatic rings. The van der Waals surface area contributed by atoms with Crippen LogP contribution in [0.3, 0.4) is 0 Å². The number of carbonyl (C=O) groups excluding carboxylic acids is 2. The summed E-state index contributed by atoms with van der Waals surface area (Å²) in [5.41, 5.74) is 0.505. The maximum atomic E-state index is 12.2. The highest BCUT2D eigenvalue weighted by Crippen LogP contribution is 2.19. The van der Waals surface area contributed by atoms with Crippen molar-refractivity contribution in [3.8, 4) is 0 Å². The van der Waals surface area contributed by atoms with Crippen molar-refractivity contribution >= 4 is 29.3 Å². The number of ketones is 1. The Kier molecular flexibility index (Phi) is 5.55. The molecule has 0 aliphatic carbocycles. The standard InChI is InChI=1S/C16H18ClNO4/c17-12-6-4-11(5-7-12)14(19)8-9-15(20)18-10-2-1-3-13(18)16(21)22/h4-7,13H,1-3,8-10H2,(H,21,22). The van der Waals surface area contributed by atoms with Crippen molar-refractivity contribution in [3.63, 3.8) is 0 Å². The smallest absolute Gasteiger partial charge is 0.326 e. The number of nitrogens with zero attached hydrogens (tertiary/aromatic N) is 1. The molecule has 1 aliphatic heterocycles. The minimum Gasteiger partial charge on any atom is -0.480 e. The van der Waals surface area contributed by atoms with E-state index in [-0.39, 0.29) is 24.5 Å². The first kappa shape index (κ1) is 16.5. The molecule has 0 spiro atoms. The van der Waals surface area contributed by atoms with E-state index in [2.05, 4.69) is 0 Å². The summed E-state index contributed by atoms with van der Waals surface area (Å²) >= 11 is 5.76. The van der Waals surface area contributed by atoms with Gasteiger partial charge in [0.2, 0.25) is 5.91 Å². The molecule has 1 amide bonds. The second-order valence-electron chi connectivity index (χ2n) is 5.37. The highest BCUT2D eigenvalue weighted by Gasteiger charge is 2.31. The van der Waals surface area contributed by atoms with Crippen LogP contribution in [0.25, 0.3) is 0 Å². The van der Waals surface area contributed by atoms with Crippen molar-refractivity contribution in [2.75, 3.05) is 6.54 Å². The average molecular weight is 324 g/mol. The SMILES string of the molecule is O=C(CCC(=O)N1CCCCC1C(=O)O)c1ccc(Cl)cc1. The number of amides is 1. The fourth-order valence-corrected chi connectivity index (χ4v) is 2.76. The zero-order valence-corrected chi connectivity index (χ0v) is 12.9. The number of piperidine rings is 1. The molecule has 0 bridgehead atoms. The minimum absolute atomic E-state index is 0.0330. The molecule has 6 heteroatoms. The largest absolute Gasteiger partial charge is 0.480 e. The zero-order chi connectivity index (χ0) is 16.1. The molecule has 118 valence electrons. The predicted octanol–water partition coefficient (Wildman–Crippen LogP) is 2.77. The number of hydrogen-bond donors (Lipinski definition) is 1. The summed E-state index contributed by atoms with van der Waals surface area (Å²) in [4.78, 5) is 36.8. The van der Waals surface area contributed by atoms with Crippen molar-refractivity contribution in [1.29, 1.82) is 0 Å². The number of hydrogen-bond acceptors (Lipinski definition) is 3. The van der Waals surface area contributed by atoms with Gasteiger partial charge in [-0.2, -0.15) is 0 Å². The molecule has 1 N–H and O–H groups in total. The monoisotopic (exact) mass is 323 g/mol. The van der Waals surface area contributed by atoms with Crippen molar-refractivity contribution in [3.05, 3.63) is 34.9 Å². The Morgan fingerprint density at radius 3 is 2.45 bits per heavy atom. The lowest BCUT2D eigenvalue weighted by molar-refractivity contribution is -0.152. The van der Waals surface area contributed by atoms with Crippen LogP contribution in [0, 0.1) is 0 Å². The number of carbonyl (C=O) groups is 3. The van der Waals surface area contributed by atoms with E-state index in [0.29, 0.717) is 23.6 Å². The van der Waals surface area contributed by atoms with Crippen LogP contribution in [0.2, 0.25) is 5.02 Å². The maximum absolute atomic E-state index is 12.2. The van der Waals surface area contributed by atoms with Crippen molar-refractivity contribution < 1.29 is 19.5 Å². The number of carboxylic acids is 1. The first-order valence-corrected chi connectivity index (χ1v) is 7.68. The van der Waals surface area contributed by atoms with Gasteiger partial charge in [-0.15, -0.1) is 0 Å². The number of aliphatic carboxylic acids is 1. The van der Waals surface area contributed by atoms with Gasteiger partial charge in [-0.25, -0.2) is 4.79 Å². The molecular weight excluding hydrogens is 306 g/mol. The lowest BCUT2D eigenvalue weighted by Gasteiger charge is -2.33. The normalized spacial score (nSPS) is 18.0. The van der Waals surface area contributed by atoms with Gasteiger partial charge in [0, 0.05) is 30.0 Å². The molecule has 1 saturated heterocycles. The van der Waals surface area contributed by atoms with E-state index in [4.69, 9.17) is 16.7 Å². The van der Waals surface area contributed by atoms with E-state index in [1.807, 2.05) is 0 Å². The molecule has 0 saturated carbocycles. The average Bonchev–Trinajstić information content (AvgIpc) is 2.53. The molecule has 1 aromatic carbocycles. The van der Waals surface area contributed by atoms with E-state index < -0.39 is 12.0 Å². The van der Waals surface area contributed by atoms with Crippen LogP contribution in [0.15, 0.2) is 24.3 Å². The zero-order valence-electron chi connectivity index (χ0n) is 12.1. The maximum Gasteiger partial charge on any atom is 0.326 e. The van der Waals surface area contributed by atoms with Gasteiger partial charge in [-0.05, 0) is 43.5 Å². The van der Waals surface area contributed by atoms with E-state index in [9.17, 15) is 14.4 Å². The van der Waals surface area contributed by atoms with E-state index in [1.54, 1.807) is 24.3 Å². The van der Waals surface area contributed by atoms with Crippen LogP contribution in [0.1, 0.15) is 42.5 Å².